The minimum absolute atomic E-state index is 0.0690. The SMILES string of the molecule is N#Cc1ccc(N2CCC3(CCN(C(=O)c4ccc(N5CCN(C[C@@H]6CCN(c7ccc8c(c7)C(=O)N(C7CCC(=O)NC7=O)C8=O)C6)CC5)cc4)C3)C2)cc1Cl. The number of carbonyl (C=O) groups excluding carboxylic acids is 5. The van der Waals surface area contributed by atoms with Gasteiger partial charge in [0.25, 0.3) is 17.7 Å². The monoisotopic (exact) mass is 788 g/mol. The van der Waals surface area contributed by atoms with E-state index in [0.717, 1.165) is 119 Å². The number of piperidine rings is 1. The third-order valence-corrected chi connectivity index (χ3v) is 13.4. The van der Waals surface area contributed by atoms with Gasteiger partial charge in [0, 0.05) is 106 Å². The molecule has 3 atom stereocenters. The summed E-state index contributed by atoms with van der Waals surface area (Å²) in [6.45, 7) is 9.69. The number of likely N-dealkylation sites (tertiary alicyclic amines) is 1. The van der Waals surface area contributed by atoms with E-state index in [9.17, 15) is 29.2 Å². The van der Waals surface area contributed by atoms with Crippen molar-refractivity contribution < 1.29 is 24.0 Å². The Morgan fingerprint density at radius 1 is 0.772 bits per heavy atom. The Balaban J connectivity index is 0.741. The lowest BCUT2D eigenvalue weighted by Gasteiger charge is -2.37. The lowest BCUT2D eigenvalue weighted by atomic mass is 9.86. The Hall–Kier alpha value is -5.45. The summed E-state index contributed by atoms with van der Waals surface area (Å²) in [7, 11) is 0. The summed E-state index contributed by atoms with van der Waals surface area (Å²) in [5.41, 5.74) is 4.93. The van der Waals surface area contributed by atoms with Crippen LogP contribution in [-0.4, -0.2) is 122 Å². The summed E-state index contributed by atoms with van der Waals surface area (Å²) in [4.78, 5) is 76.7. The number of amides is 5. The molecule has 3 aromatic carbocycles. The molecule has 0 radical (unpaired) electrons. The Labute approximate surface area is 336 Å². The van der Waals surface area contributed by atoms with Crippen molar-refractivity contribution >= 4 is 58.2 Å². The zero-order chi connectivity index (χ0) is 39.4. The molecule has 6 heterocycles. The highest BCUT2D eigenvalue weighted by Gasteiger charge is 2.46. The summed E-state index contributed by atoms with van der Waals surface area (Å²) in [5, 5.41) is 12.0. The van der Waals surface area contributed by atoms with Crippen LogP contribution in [0.25, 0.3) is 0 Å². The van der Waals surface area contributed by atoms with Crippen LogP contribution >= 0.6 is 11.6 Å². The minimum atomic E-state index is -0.971. The molecular formula is C43H45ClN8O5. The predicted molar refractivity (Wildman–Crippen MR) is 214 cm³/mol. The van der Waals surface area contributed by atoms with Crippen molar-refractivity contribution in [2.24, 2.45) is 11.3 Å². The van der Waals surface area contributed by atoms with E-state index < -0.39 is 29.7 Å². The molecule has 294 valence electrons. The number of benzene rings is 3. The molecule has 2 unspecified atom stereocenters. The van der Waals surface area contributed by atoms with E-state index in [1.54, 1.807) is 18.2 Å². The number of anilines is 3. The average Bonchev–Trinajstić information content (AvgIpc) is 4.02. The van der Waals surface area contributed by atoms with E-state index in [2.05, 4.69) is 43.1 Å². The smallest absolute Gasteiger partial charge is 0.262 e. The third-order valence-electron chi connectivity index (χ3n) is 13.0. The standard InChI is InChI=1S/C43H45ClN8O5/c44-36-22-33(6-3-30(36)23-45)50-15-12-43(26-50)13-16-51(27-43)40(55)29-1-4-31(5-2-29)48-19-17-47(18-20-48)24-28-11-14-49(25-28)32-7-8-34-35(21-32)42(57)52(41(34)56)37-9-10-38(53)46-39(37)54/h1-8,21-22,28,37H,9-20,24-27H2,(H,46,53,54)/t28-,37?,43?/m0/s1. The number of nitrogens with zero attached hydrogens (tertiary/aromatic N) is 7. The van der Waals surface area contributed by atoms with Crippen molar-refractivity contribution in [2.75, 3.05) is 86.7 Å². The van der Waals surface area contributed by atoms with Crippen LogP contribution in [0.15, 0.2) is 60.7 Å². The molecule has 5 amide bonds. The summed E-state index contributed by atoms with van der Waals surface area (Å²) in [6, 6.07) is 20.2. The lowest BCUT2D eigenvalue weighted by molar-refractivity contribution is -0.136. The number of piperazine rings is 1. The first-order chi connectivity index (χ1) is 27.6. The highest BCUT2D eigenvalue weighted by molar-refractivity contribution is 6.32. The molecule has 0 saturated carbocycles. The van der Waals surface area contributed by atoms with Gasteiger partial charge in [-0.3, -0.25) is 39.1 Å². The second-order valence-corrected chi connectivity index (χ2v) is 16.9. The van der Waals surface area contributed by atoms with Crippen molar-refractivity contribution in [3.8, 4) is 6.07 Å². The average molecular weight is 789 g/mol. The van der Waals surface area contributed by atoms with Crippen LogP contribution < -0.4 is 20.0 Å². The first-order valence-corrected chi connectivity index (χ1v) is 20.4. The van der Waals surface area contributed by atoms with E-state index in [4.69, 9.17) is 11.6 Å². The van der Waals surface area contributed by atoms with Gasteiger partial charge in [0.15, 0.2) is 0 Å². The van der Waals surface area contributed by atoms with Crippen LogP contribution in [-0.2, 0) is 9.59 Å². The molecule has 57 heavy (non-hydrogen) atoms. The molecule has 6 aliphatic rings. The maximum atomic E-state index is 13.6. The molecule has 6 aliphatic heterocycles. The normalized spacial score (nSPS) is 25.2. The molecule has 5 saturated heterocycles. The molecular weight excluding hydrogens is 744 g/mol. The summed E-state index contributed by atoms with van der Waals surface area (Å²) in [5.74, 6) is -1.40. The van der Waals surface area contributed by atoms with Crippen LogP contribution in [0.5, 0.6) is 0 Å². The van der Waals surface area contributed by atoms with E-state index in [1.807, 2.05) is 35.2 Å². The van der Waals surface area contributed by atoms with Crippen LogP contribution in [0.1, 0.15) is 68.7 Å². The molecule has 0 aliphatic carbocycles. The number of halogens is 1. The topological polar surface area (TPSA) is 141 Å². The lowest BCUT2D eigenvalue weighted by Crippen LogP contribution is -2.54. The summed E-state index contributed by atoms with van der Waals surface area (Å²) < 4.78 is 0. The van der Waals surface area contributed by atoms with Gasteiger partial charge in [0.1, 0.15) is 12.1 Å². The quantitative estimate of drug-likeness (QED) is 0.350. The van der Waals surface area contributed by atoms with Gasteiger partial charge in [-0.25, -0.2) is 0 Å². The fourth-order valence-corrected chi connectivity index (χ4v) is 10.0. The van der Waals surface area contributed by atoms with E-state index in [0.29, 0.717) is 27.6 Å². The van der Waals surface area contributed by atoms with Gasteiger partial charge in [-0.1, -0.05) is 11.6 Å². The molecule has 0 bridgehead atoms. The molecule has 9 rings (SSSR count). The zero-order valence-electron chi connectivity index (χ0n) is 31.8. The van der Waals surface area contributed by atoms with E-state index in [1.165, 1.54) is 0 Å². The van der Waals surface area contributed by atoms with Crippen molar-refractivity contribution in [2.45, 2.75) is 38.1 Å². The first kappa shape index (κ1) is 37.1. The van der Waals surface area contributed by atoms with Crippen molar-refractivity contribution in [3.05, 3.63) is 87.9 Å². The Kier molecular flexibility index (Phi) is 9.65. The molecule has 0 aromatic heterocycles. The van der Waals surface area contributed by atoms with Crippen LogP contribution in [0.2, 0.25) is 5.02 Å². The van der Waals surface area contributed by atoms with Gasteiger partial charge in [0.2, 0.25) is 11.8 Å². The maximum absolute atomic E-state index is 13.6. The fraction of sp³-hybridized carbons (Fsp3) is 0.442. The number of fused-ring (bicyclic) bond motifs is 1. The fourth-order valence-electron chi connectivity index (χ4n) is 9.81. The van der Waals surface area contributed by atoms with Gasteiger partial charge in [-0.15, -0.1) is 0 Å². The number of rotatable bonds is 7. The second-order valence-electron chi connectivity index (χ2n) is 16.5. The number of hydrogen-bond donors (Lipinski definition) is 1. The zero-order valence-corrected chi connectivity index (χ0v) is 32.5. The third kappa shape index (κ3) is 6.99. The van der Waals surface area contributed by atoms with Crippen LogP contribution in [0.3, 0.4) is 0 Å². The van der Waals surface area contributed by atoms with Crippen molar-refractivity contribution in [3.63, 3.8) is 0 Å². The molecule has 3 aromatic rings. The van der Waals surface area contributed by atoms with Gasteiger partial charge < -0.3 is 19.6 Å². The number of carbonyl (C=O) groups is 5. The van der Waals surface area contributed by atoms with Gasteiger partial charge >= 0.3 is 0 Å². The largest absolute Gasteiger partial charge is 0.371 e. The van der Waals surface area contributed by atoms with Gasteiger partial charge in [-0.2, -0.15) is 5.26 Å². The Morgan fingerprint density at radius 2 is 1.49 bits per heavy atom. The summed E-state index contributed by atoms with van der Waals surface area (Å²) in [6.07, 6.45) is 3.26. The molecule has 5 fully saturated rings. The second kappa shape index (κ2) is 14.8. The molecule has 14 heteroatoms. The highest BCUT2D eigenvalue weighted by atomic mass is 35.5. The van der Waals surface area contributed by atoms with Gasteiger partial charge in [-0.05, 0) is 92.3 Å². The number of nitriles is 1. The first-order valence-electron chi connectivity index (χ1n) is 20.0. The highest BCUT2D eigenvalue weighted by Crippen LogP contribution is 2.42. The van der Waals surface area contributed by atoms with E-state index >= 15 is 0 Å². The van der Waals surface area contributed by atoms with Gasteiger partial charge in [0.05, 0.1) is 21.7 Å². The molecule has 13 nitrogen and oxygen atoms in total. The number of hydrogen-bond acceptors (Lipinski definition) is 10. The van der Waals surface area contributed by atoms with Crippen molar-refractivity contribution in [1.29, 1.82) is 5.26 Å². The Bertz CT molecular complexity index is 2200. The number of imide groups is 2. The summed E-state index contributed by atoms with van der Waals surface area (Å²) >= 11 is 6.32. The minimum Gasteiger partial charge on any atom is -0.371 e. The molecule has 1 N–H and O–H groups in total. The molecule has 1 spiro atoms. The number of nitrogens with one attached hydrogen (secondary N) is 1. The van der Waals surface area contributed by atoms with Crippen LogP contribution in [0.4, 0.5) is 17.1 Å². The van der Waals surface area contributed by atoms with E-state index in [-0.39, 0.29) is 24.2 Å². The Morgan fingerprint density at radius 3 is 2.25 bits per heavy atom. The maximum Gasteiger partial charge on any atom is 0.262 e. The van der Waals surface area contributed by atoms with Crippen molar-refractivity contribution in [1.82, 2.24) is 20.0 Å². The van der Waals surface area contributed by atoms with Crippen LogP contribution in [0, 0.1) is 22.7 Å². The predicted octanol–water partition coefficient (Wildman–Crippen LogP) is 4.00.